The van der Waals surface area contributed by atoms with E-state index in [9.17, 15) is 9.59 Å². The molecule has 0 radical (unpaired) electrons. The molecular formula is C19H19N3O2S2. The number of nitrogens with one attached hydrogen (secondary N) is 2. The Kier molecular flexibility index (Phi) is 5.80. The molecule has 26 heavy (non-hydrogen) atoms. The molecule has 0 bridgehead atoms. The van der Waals surface area contributed by atoms with E-state index >= 15 is 0 Å². The van der Waals surface area contributed by atoms with Gasteiger partial charge in [-0.2, -0.15) is 0 Å². The summed E-state index contributed by atoms with van der Waals surface area (Å²) in [6.07, 6.45) is 0.166. The first-order valence-electron chi connectivity index (χ1n) is 8.14. The lowest BCUT2D eigenvalue weighted by Gasteiger charge is -2.15. The van der Waals surface area contributed by atoms with Crippen LogP contribution in [0.1, 0.15) is 29.8 Å². The molecule has 0 aliphatic rings. The molecule has 3 aromatic rings. The number of carbonyl (C=O) groups is 2. The van der Waals surface area contributed by atoms with Gasteiger partial charge in [-0.15, -0.1) is 22.7 Å². The minimum absolute atomic E-state index is 0.160. The first kappa shape index (κ1) is 18.3. The fraction of sp³-hybridized carbons (Fsp3) is 0.211. The van der Waals surface area contributed by atoms with Gasteiger partial charge in [-0.3, -0.25) is 9.59 Å². The topological polar surface area (TPSA) is 71.1 Å². The summed E-state index contributed by atoms with van der Waals surface area (Å²) in [6, 6.07) is 11.6. The van der Waals surface area contributed by atoms with Crippen molar-refractivity contribution in [2.24, 2.45) is 0 Å². The van der Waals surface area contributed by atoms with Crippen molar-refractivity contribution in [3.8, 4) is 11.3 Å². The molecule has 7 heteroatoms. The van der Waals surface area contributed by atoms with E-state index in [0.717, 1.165) is 16.1 Å². The van der Waals surface area contributed by atoms with Crippen LogP contribution in [0.2, 0.25) is 0 Å². The van der Waals surface area contributed by atoms with E-state index < -0.39 is 0 Å². The third kappa shape index (κ3) is 4.77. The Morgan fingerprint density at radius 3 is 2.58 bits per heavy atom. The summed E-state index contributed by atoms with van der Waals surface area (Å²) >= 11 is 2.90. The van der Waals surface area contributed by atoms with Crippen LogP contribution in [0.15, 0.2) is 47.2 Å². The fourth-order valence-corrected chi connectivity index (χ4v) is 4.02. The van der Waals surface area contributed by atoms with Crippen LogP contribution in [0.3, 0.4) is 0 Å². The van der Waals surface area contributed by atoms with E-state index in [0.29, 0.717) is 5.13 Å². The van der Waals surface area contributed by atoms with Gasteiger partial charge in [-0.05, 0) is 18.4 Å². The zero-order valence-corrected chi connectivity index (χ0v) is 16.1. The Morgan fingerprint density at radius 2 is 1.92 bits per heavy atom. The second kappa shape index (κ2) is 8.25. The number of hydrogen-bond acceptors (Lipinski definition) is 5. The number of aromatic nitrogens is 1. The maximum absolute atomic E-state index is 12.4. The highest BCUT2D eigenvalue weighted by Gasteiger charge is 2.19. The monoisotopic (exact) mass is 385 g/mol. The number of amides is 2. The molecule has 0 unspecified atom stereocenters. The largest absolute Gasteiger partial charge is 0.348 e. The van der Waals surface area contributed by atoms with E-state index in [2.05, 4.69) is 15.6 Å². The highest BCUT2D eigenvalue weighted by Crippen LogP contribution is 2.26. The van der Waals surface area contributed by atoms with Crippen molar-refractivity contribution in [1.29, 1.82) is 0 Å². The number of thiophene rings is 1. The van der Waals surface area contributed by atoms with Crippen molar-refractivity contribution in [1.82, 2.24) is 10.3 Å². The van der Waals surface area contributed by atoms with Gasteiger partial charge in [0.25, 0.3) is 0 Å². The smallest absolute Gasteiger partial charge is 0.228 e. The second-order valence-corrected chi connectivity index (χ2v) is 7.76. The summed E-state index contributed by atoms with van der Waals surface area (Å²) in [6.45, 7) is 3.49. The van der Waals surface area contributed by atoms with Gasteiger partial charge in [0.15, 0.2) is 5.13 Å². The molecular weight excluding hydrogens is 366 g/mol. The third-order valence-electron chi connectivity index (χ3n) is 3.75. The molecule has 2 N–H and O–H groups in total. The fourth-order valence-electron chi connectivity index (χ4n) is 2.50. The molecule has 0 aliphatic carbocycles. The lowest BCUT2D eigenvalue weighted by Crippen LogP contribution is -2.29. The molecule has 1 aromatic carbocycles. The Morgan fingerprint density at radius 1 is 1.15 bits per heavy atom. The maximum atomic E-state index is 12.4. The second-order valence-electron chi connectivity index (χ2n) is 5.92. The molecule has 134 valence electrons. The zero-order chi connectivity index (χ0) is 18.5. The van der Waals surface area contributed by atoms with E-state index in [1.807, 2.05) is 54.1 Å². The standard InChI is InChI=1S/C19H19N3O2S2/c1-12-5-7-14(8-6-12)16-11-26-19(21-16)22-18(24)10-15(20-13(2)23)17-4-3-9-25-17/h3-9,11,15H,10H2,1-2H3,(H,20,23)(H,21,22,24)/t15-/m1/s1. The van der Waals surface area contributed by atoms with Gasteiger partial charge in [0.2, 0.25) is 11.8 Å². The van der Waals surface area contributed by atoms with Crippen molar-refractivity contribution in [2.45, 2.75) is 26.3 Å². The van der Waals surface area contributed by atoms with Crippen molar-refractivity contribution < 1.29 is 9.59 Å². The first-order valence-corrected chi connectivity index (χ1v) is 9.90. The summed E-state index contributed by atoms with van der Waals surface area (Å²) < 4.78 is 0. The lowest BCUT2D eigenvalue weighted by atomic mass is 10.1. The SMILES string of the molecule is CC(=O)N[C@H](CC(=O)Nc1nc(-c2ccc(C)cc2)cs1)c1cccs1. The molecule has 0 fully saturated rings. The Labute approximate surface area is 160 Å². The number of carbonyl (C=O) groups excluding carboxylic acids is 2. The molecule has 2 aromatic heterocycles. The summed E-state index contributed by atoms with van der Waals surface area (Å²) in [5.74, 6) is -0.339. The number of aryl methyl sites for hydroxylation is 1. The van der Waals surface area contributed by atoms with Crippen LogP contribution in [-0.4, -0.2) is 16.8 Å². The van der Waals surface area contributed by atoms with Crippen LogP contribution in [-0.2, 0) is 9.59 Å². The predicted octanol–water partition coefficient (Wildman–Crippen LogP) is 4.39. The van der Waals surface area contributed by atoms with Gasteiger partial charge < -0.3 is 10.6 Å². The highest BCUT2D eigenvalue weighted by atomic mass is 32.1. The van der Waals surface area contributed by atoms with E-state index in [1.54, 1.807) is 0 Å². The van der Waals surface area contributed by atoms with Gasteiger partial charge in [-0.1, -0.05) is 35.9 Å². The molecule has 2 amide bonds. The van der Waals surface area contributed by atoms with Crippen LogP contribution < -0.4 is 10.6 Å². The van der Waals surface area contributed by atoms with Crippen molar-refractivity contribution in [3.63, 3.8) is 0 Å². The molecule has 2 heterocycles. The van der Waals surface area contributed by atoms with Crippen molar-refractivity contribution in [3.05, 3.63) is 57.6 Å². The van der Waals surface area contributed by atoms with Gasteiger partial charge >= 0.3 is 0 Å². The van der Waals surface area contributed by atoms with Gasteiger partial charge in [0.05, 0.1) is 18.2 Å². The number of benzene rings is 1. The van der Waals surface area contributed by atoms with Gasteiger partial charge in [0, 0.05) is 22.7 Å². The molecule has 1 atom stereocenters. The highest BCUT2D eigenvalue weighted by molar-refractivity contribution is 7.14. The number of rotatable bonds is 6. The molecule has 3 rings (SSSR count). The van der Waals surface area contributed by atoms with Crippen LogP contribution in [0.25, 0.3) is 11.3 Å². The number of nitrogens with zero attached hydrogens (tertiary/aromatic N) is 1. The molecule has 0 spiro atoms. The van der Waals surface area contributed by atoms with E-state index in [4.69, 9.17) is 0 Å². The third-order valence-corrected chi connectivity index (χ3v) is 5.50. The first-order chi connectivity index (χ1) is 12.5. The van der Waals surface area contributed by atoms with E-state index in [1.165, 1.54) is 35.2 Å². The number of hydrogen-bond donors (Lipinski definition) is 2. The van der Waals surface area contributed by atoms with Gasteiger partial charge in [-0.25, -0.2) is 4.98 Å². The molecule has 0 saturated heterocycles. The summed E-state index contributed by atoms with van der Waals surface area (Å²) in [5, 5.41) is 10.1. The minimum Gasteiger partial charge on any atom is -0.348 e. The molecule has 5 nitrogen and oxygen atoms in total. The number of anilines is 1. The zero-order valence-electron chi connectivity index (χ0n) is 14.5. The van der Waals surface area contributed by atoms with Crippen LogP contribution in [0.5, 0.6) is 0 Å². The maximum Gasteiger partial charge on any atom is 0.228 e. The average molecular weight is 386 g/mol. The number of thiazole rings is 1. The molecule has 0 saturated carbocycles. The Hall–Kier alpha value is -2.51. The van der Waals surface area contributed by atoms with Crippen LogP contribution in [0, 0.1) is 6.92 Å². The summed E-state index contributed by atoms with van der Waals surface area (Å²) in [7, 11) is 0. The van der Waals surface area contributed by atoms with Crippen molar-refractivity contribution in [2.75, 3.05) is 5.32 Å². The molecule has 0 aliphatic heterocycles. The van der Waals surface area contributed by atoms with Gasteiger partial charge in [0.1, 0.15) is 0 Å². The minimum atomic E-state index is -0.330. The van der Waals surface area contributed by atoms with Crippen molar-refractivity contribution >= 4 is 39.6 Å². The summed E-state index contributed by atoms with van der Waals surface area (Å²) in [5.41, 5.74) is 3.04. The van der Waals surface area contributed by atoms with E-state index in [-0.39, 0.29) is 24.3 Å². The van der Waals surface area contributed by atoms with Crippen LogP contribution >= 0.6 is 22.7 Å². The lowest BCUT2D eigenvalue weighted by molar-refractivity contribution is -0.120. The average Bonchev–Trinajstić information content (AvgIpc) is 3.26. The quantitative estimate of drug-likeness (QED) is 0.661. The normalized spacial score (nSPS) is 11.8. The van der Waals surface area contributed by atoms with Crippen LogP contribution in [0.4, 0.5) is 5.13 Å². The Balaban J connectivity index is 1.65. The predicted molar refractivity (Wildman–Crippen MR) is 106 cm³/mol. The summed E-state index contributed by atoms with van der Waals surface area (Å²) in [4.78, 5) is 29.3. The Bertz CT molecular complexity index is 886.